The van der Waals surface area contributed by atoms with Crippen molar-refractivity contribution in [1.82, 2.24) is 10.1 Å². The summed E-state index contributed by atoms with van der Waals surface area (Å²) in [5.41, 5.74) is 5.60. The van der Waals surface area contributed by atoms with Crippen molar-refractivity contribution in [2.75, 3.05) is 18.1 Å². The monoisotopic (exact) mass is 243 g/mol. The van der Waals surface area contributed by atoms with E-state index >= 15 is 0 Å². The van der Waals surface area contributed by atoms with Crippen molar-refractivity contribution in [3.8, 4) is 0 Å². The summed E-state index contributed by atoms with van der Waals surface area (Å²) in [6.07, 6.45) is 3.27. The van der Waals surface area contributed by atoms with E-state index in [1.54, 1.807) is 0 Å². The third-order valence-corrected chi connectivity index (χ3v) is 3.87. The Morgan fingerprint density at radius 2 is 2.25 bits per heavy atom. The fraction of sp³-hybridized carbons (Fsp3) is 0.800. The molecule has 1 atom stereocenters. The second-order valence-electron chi connectivity index (χ2n) is 4.10. The first-order valence-corrected chi connectivity index (χ1v) is 6.71. The summed E-state index contributed by atoms with van der Waals surface area (Å²) in [7, 11) is 0. The molecule has 0 radical (unpaired) electrons. The Bertz CT molecular complexity index is 326. The lowest BCUT2D eigenvalue weighted by Gasteiger charge is -2.19. The molecule has 90 valence electrons. The van der Waals surface area contributed by atoms with Crippen LogP contribution in [0.3, 0.4) is 0 Å². The maximum Gasteiger partial charge on any atom is 0.226 e. The number of nitrogens with two attached hydrogens (primary N) is 1. The lowest BCUT2D eigenvalue weighted by molar-refractivity contribution is 0.259. The first kappa shape index (κ1) is 11.9. The van der Waals surface area contributed by atoms with Gasteiger partial charge in [-0.25, -0.2) is 0 Å². The smallest absolute Gasteiger partial charge is 0.226 e. The van der Waals surface area contributed by atoms with Gasteiger partial charge < -0.3 is 15.4 Å². The number of rotatable bonds is 4. The highest BCUT2D eigenvalue weighted by molar-refractivity contribution is 7.99. The molecule has 0 amide bonds. The minimum atomic E-state index is -0.528. The van der Waals surface area contributed by atoms with E-state index in [2.05, 4.69) is 10.1 Å². The molecule has 1 aliphatic heterocycles. The lowest BCUT2D eigenvalue weighted by atomic mass is 9.99. The average molecular weight is 243 g/mol. The summed E-state index contributed by atoms with van der Waals surface area (Å²) in [5.74, 6) is 4.15. The molecular formula is C10H17N3O2S. The molecule has 1 saturated heterocycles. The SMILES string of the molecule is NC(CO)c1noc(CC2CCSCC2)n1. The van der Waals surface area contributed by atoms with Crippen LogP contribution in [0.5, 0.6) is 0 Å². The Morgan fingerprint density at radius 3 is 2.94 bits per heavy atom. The van der Waals surface area contributed by atoms with Gasteiger partial charge in [-0.2, -0.15) is 16.7 Å². The largest absolute Gasteiger partial charge is 0.394 e. The molecule has 0 aromatic carbocycles. The molecule has 6 heteroatoms. The minimum absolute atomic E-state index is 0.154. The summed E-state index contributed by atoms with van der Waals surface area (Å²) < 4.78 is 5.13. The number of aliphatic hydroxyl groups is 1. The van der Waals surface area contributed by atoms with Crippen molar-refractivity contribution in [2.45, 2.75) is 25.3 Å². The fourth-order valence-electron chi connectivity index (χ4n) is 1.78. The molecule has 1 unspecified atom stereocenters. The van der Waals surface area contributed by atoms with Gasteiger partial charge in [-0.3, -0.25) is 0 Å². The van der Waals surface area contributed by atoms with Gasteiger partial charge in [0.15, 0.2) is 5.82 Å². The van der Waals surface area contributed by atoms with Gasteiger partial charge in [0.05, 0.1) is 12.6 Å². The van der Waals surface area contributed by atoms with E-state index in [1.165, 1.54) is 24.3 Å². The molecule has 1 aromatic rings. The predicted molar refractivity (Wildman–Crippen MR) is 62.1 cm³/mol. The van der Waals surface area contributed by atoms with Crippen LogP contribution < -0.4 is 5.73 Å². The van der Waals surface area contributed by atoms with E-state index < -0.39 is 6.04 Å². The molecule has 0 aliphatic carbocycles. The van der Waals surface area contributed by atoms with Gasteiger partial charge in [-0.1, -0.05) is 5.16 Å². The molecule has 3 N–H and O–H groups in total. The highest BCUT2D eigenvalue weighted by Crippen LogP contribution is 2.25. The van der Waals surface area contributed by atoms with Gasteiger partial charge in [-0.05, 0) is 30.3 Å². The highest BCUT2D eigenvalue weighted by atomic mass is 32.2. The number of aromatic nitrogens is 2. The fourth-order valence-corrected chi connectivity index (χ4v) is 2.98. The van der Waals surface area contributed by atoms with Crippen LogP contribution >= 0.6 is 11.8 Å². The van der Waals surface area contributed by atoms with E-state index in [0.717, 1.165) is 6.42 Å². The van der Waals surface area contributed by atoms with Crippen molar-refractivity contribution in [3.05, 3.63) is 11.7 Å². The van der Waals surface area contributed by atoms with E-state index in [9.17, 15) is 0 Å². The summed E-state index contributed by atoms with van der Waals surface area (Å²) >= 11 is 2.00. The first-order valence-electron chi connectivity index (χ1n) is 5.56. The van der Waals surface area contributed by atoms with E-state index in [0.29, 0.717) is 17.6 Å². The van der Waals surface area contributed by atoms with Gasteiger partial charge >= 0.3 is 0 Å². The number of aliphatic hydroxyl groups excluding tert-OH is 1. The van der Waals surface area contributed by atoms with Crippen LogP contribution in [0, 0.1) is 5.92 Å². The van der Waals surface area contributed by atoms with Crippen molar-refractivity contribution >= 4 is 11.8 Å². The Morgan fingerprint density at radius 1 is 1.50 bits per heavy atom. The van der Waals surface area contributed by atoms with Crippen LogP contribution in [0.2, 0.25) is 0 Å². The normalized spacial score (nSPS) is 19.9. The maximum atomic E-state index is 8.87. The van der Waals surface area contributed by atoms with Crippen LogP contribution in [0.25, 0.3) is 0 Å². The zero-order valence-corrected chi connectivity index (χ0v) is 9.95. The Balaban J connectivity index is 1.91. The zero-order valence-electron chi connectivity index (χ0n) is 9.13. The summed E-state index contributed by atoms with van der Waals surface area (Å²) in [4.78, 5) is 4.21. The molecule has 1 aliphatic rings. The van der Waals surface area contributed by atoms with Crippen molar-refractivity contribution in [2.24, 2.45) is 11.7 Å². The van der Waals surface area contributed by atoms with Crippen LogP contribution in [-0.2, 0) is 6.42 Å². The van der Waals surface area contributed by atoms with Gasteiger partial charge in [0.1, 0.15) is 0 Å². The Kier molecular flexibility index (Phi) is 4.20. The topological polar surface area (TPSA) is 85.2 Å². The number of hydrogen-bond acceptors (Lipinski definition) is 6. The van der Waals surface area contributed by atoms with Gasteiger partial charge in [0.25, 0.3) is 0 Å². The molecule has 0 spiro atoms. The van der Waals surface area contributed by atoms with Crippen LogP contribution in [-0.4, -0.2) is 33.4 Å². The molecule has 16 heavy (non-hydrogen) atoms. The first-order chi connectivity index (χ1) is 7.79. The summed E-state index contributed by atoms with van der Waals surface area (Å²) in [6, 6.07) is -0.528. The van der Waals surface area contributed by atoms with Crippen molar-refractivity contribution in [1.29, 1.82) is 0 Å². The lowest BCUT2D eigenvalue weighted by Crippen LogP contribution is -2.16. The van der Waals surface area contributed by atoms with Crippen LogP contribution in [0.1, 0.15) is 30.6 Å². The van der Waals surface area contributed by atoms with E-state index in [-0.39, 0.29) is 6.61 Å². The quantitative estimate of drug-likeness (QED) is 0.811. The van der Waals surface area contributed by atoms with Gasteiger partial charge in [0.2, 0.25) is 5.89 Å². The van der Waals surface area contributed by atoms with E-state index in [4.69, 9.17) is 15.4 Å². The standard InChI is InChI=1S/C10H17N3O2S/c11-8(6-14)10-12-9(15-13-10)5-7-1-3-16-4-2-7/h7-8,14H,1-6,11H2. The highest BCUT2D eigenvalue weighted by Gasteiger charge is 2.19. The van der Waals surface area contributed by atoms with Gasteiger partial charge in [-0.15, -0.1) is 0 Å². The number of hydrogen-bond donors (Lipinski definition) is 2. The third-order valence-electron chi connectivity index (χ3n) is 2.82. The van der Waals surface area contributed by atoms with Gasteiger partial charge in [0, 0.05) is 6.42 Å². The second kappa shape index (κ2) is 5.65. The molecule has 5 nitrogen and oxygen atoms in total. The molecule has 2 rings (SSSR count). The van der Waals surface area contributed by atoms with Crippen molar-refractivity contribution < 1.29 is 9.63 Å². The molecule has 0 saturated carbocycles. The Hall–Kier alpha value is -0.590. The second-order valence-corrected chi connectivity index (χ2v) is 5.32. The van der Waals surface area contributed by atoms with Crippen LogP contribution in [0.4, 0.5) is 0 Å². The third kappa shape index (κ3) is 2.96. The van der Waals surface area contributed by atoms with E-state index in [1.807, 2.05) is 11.8 Å². The molecule has 1 aromatic heterocycles. The number of thioether (sulfide) groups is 1. The maximum absolute atomic E-state index is 8.87. The van der Waals surface area contributed by atoms with Crippen LogP contribution in [0.15, 0.2) is 4.52 Å². The molecular weight excluding hydrogens is 226 g/mol. The minimum Gasteiger partial charge on any atom is -0.394 e. The summed E-state index contributed by atoms with van der Waals surface area (Å²) in [6.45, 7) is -0.154. The Labute approximate surface area is 98.8 Å². The molecule has 0 bridgehead atoms. The number of nitrogens with zero attached hydrogens (tertiary/aromatic N) is 2. The molecule has 1 fully saturated rings. The summed E-state index contributed by atoms with van der Waals surface area (Å²) in [5, 5.41) is 12.6. The molecule has 2 heterocycles. The van der Waals surface area contributed by atoms with Crippen molar-refractivity contribution in [3.63, 3.8) is 0 Å². The average Bonchev–Trinajstić information content (AvgIpc) is 2.78. The predicted octanol–water partition coefficient (Wildman–Crippen LogP) is 0.747. The zero-order chi connectivity index (χ0) is 11.4.